The van der Waals surface area contributed by atoms with Crippen molar-refractivity contribution < 1.29 is 26.4 Å². The fourth-order valence-corrected chi connectivity index (χ4v) is 1.48. The van der Waals surface area contributed by atoms with Gasteiger partial charge in [-0.1, -0.05) is 16.0 Å². The van der Waals surface area contributed by atoms with Gasteiger partial charge in [-0.2, -0.15) is 8.42 Å². The molecular formula is C9H11ClFNO5S. The van der Waals surface area contributed by atoms with Gasteiger partial charge in [-0.3, -0.25) is 4.79 Å². The molecule has 0 aromatic heterocycles. The lowest BCUT2D eigenvalue weighted by molar-refractivity contribution is -0.138. The van der Waals surface area contributed by atoms with Crippen LogP contribution < -0.4 is 9.92 Å². The van der Waals surface area contributed by atoms with E-state index in [4.69, 9.17) is 10.8 Å². The van der Waals surface area contributed by atoms with Crippen LogP contribution in [-0.4, -0.2) is 25.5 Å². The molecule has 9 heteroatoms. The largest absolute Gasteiger partial charge is 0.488 e. The molecule has 102 valence electrons. The number of nitrogens with two attached hydrogens (primary N) is 1. The van der Waals surface area contributed by atoms with Crippen LogP contribution in [0.2, 0.25) is 0 Å². The van der Waals surface area contributed by atoms with E-state index in [9.17, 15) is 17.1 Å². The number of carboxylic acids is 1. The Morgan fingerprint density at radius 2 is 1.89 bits per heavy atom. The molecule has 0 aliphatic rings. The summed E-state index contributed by atoms with van der Waals surface area (Å²) in [4.78, 5) is 10.5. The zero-order valence-corrected chi connectivity index (χ0v) is 10.6. The standard InChI is InChI=1S/C9H10FNO5S.ClH/c10-17(14,15)16-7-3-1-6(2-4-7)5-8(11)9(12)13;/h1-4,8H,5,11H2,(H,12,13);1H/t8-;/m0./s1. The number of rotatable bonds is 5. The first-order valence-electron chi connectivity index (χ1n) is 4.49. The number of hydrogen-bond donors (Lipinski definition) is 2. The molecule has 0 bridgehead atoms. The van der Waals surface area contributed by atoms with E-state index >= 15 is 0 Å². The molecule has 0 aliphatic carbocycles. The van der Waals surface area contributed by atoms with Crippen LogP contribution in [0.15, 0.2) is 24.3 Å². The van der Waals surface area contributed by atoms with Crippen molar-refractivity contribution in [1.29, 1.82) is 0 Å². The fraction of sp³-hybridized carbons (Fsp3) is 0.222. The van der Waals surface area contributed by atoms with Gasteiger partial charge >= 0.3 is 16.5 Å². The molecule has 0 saturated heterocycles. The van der Waals surface area contributed by atoms with Crippen LogP contribution in [0.4, 0.5) is 3.89 Å². The Morgan fingerprint density at radius 3 is 2.28 bits per heavy atom. The Bertz CT molecular complexity index is 504. The van der Waals surface area contributed by atoms with Crippen LogP contribution >= 0.6 is 12.4 Å². The molecule has 1 rings (SSSR count). The minimum atomic E-state index is -5.05. The number of carbonyl (C=O) groups is 1. The third kappa shape index (κ3) is 5.80. The van der Waals surface area contributed by atoms with Gasteiger partial charge in [-0.15, -0.1) is 12.4 Å². The lowest BCUT2D eigenvalue weighted by atomic mass is 10.1. The first-order valence-corrected chi connectivity index (χ1v) is 5.80. The highest BCUT2D eigenvalue weighted by molar-refractivity contribution is 7.81. The fourth-order valence-electron chi connectivity index (χ4n) is 1.14. The van der Waals surface area contributed by atoms with Crippen molar-refractivity contribution >= 4 is 28.9 Å². The van der Waals surface area contributed by atoms with Crippen molar-refractivity contribution in [2.75, 3.05) is 0 Å². The highest BCUT2D eigenvalue weighted by Crippen LogP contribution is 2.15. The lowest BCUT2D eigenvalue weighted by Gasteiger charge is -2.06. The number of halogens is 2. The van der Waals surface area contributed by atoms with E-state index in [1.165, 1.54) is 24.3 Å². The van der Waals surface area contributed by atoms with E-state index < -0.39 is 22.5 Å². The molecule has 6 nitrogen and oxygen atoms in total. The van der Waals surface area contributed by atoms with Gasteiger partial charge in [0.15, 0.2) is 0 Å². The van der Waals surface area contributed by atoms with Crippen LogP contribution in [0.5, 0.6) is 5.75 Å². The van der Waals surface area contributed by atoms with E-state index in [2.05, 4.69) is 4.18 Å². The maximum Gasteiger partial charge on any atom is 0.488 e. The van der Waals surface area contributed by atoms with E-state index in [1.807, 2.05) is 0 Å². The molecule has 3 N–H and O–H groups in total. The monoisotopic (exact) mass is 299 g/mol. The third-order valence-corrected chi connectivity index (χ3v) is 2.28. The molecule has 18 heavy (non-hydrogen) atoms. The predicted octanol–water partition coefficient (Wildman–Crippen LogP) is 0.656. The summed E-state index contributed by atoms with van der Waals surface area (Å²) in [5.74, 6) is -1.34. The molecule has 0 fully saturated rings. The van der Waals surface area contributed by atoms with Gasteiger partial charge in [0.05, 0.1) is 0 Å². The second kappa shape index (κ2) is 6.53. The van der Waals surface area contributed by atoms with Crippen molar-refractivity contribution in [3.05, 3.63) is 29.8 Å². The minimum Gasteiger partial charge on any atom is -0.480 e. The summed E-state index contributed by atoms with van der Waals surface area (Å²) in [6, 6.07) is 4.18. The molecule has 0 amide bonds. The van der Waals surface area contributed by atoms with E-state index in [1.54, 1.807) is 0 Å². The minimum absolute atomic E-state index is 0. The number of aliphatic carboxylic acids is 1. The van der Waals surface area contributed by atoms with Crippen LogP contribution in [0.3, 0.4) is 0 Å². The summed E-state index contributed by atoms with van der Waals surface area (Å²) in [5, 5.41) is 8.57. The SMILES string of the molecule is Cl.N[C@@H](Cc1ccc(OS(=O)(=O)F)cc1)C(=O)O. The van der Waals surface area contributed by atoms with E-state index in [0.717, 1.165) is 0 Å². The van der Waals surface area contributed by atoms with Gasteiger partial charge in [0.1, 0.15) is 11.8 Å². The molecule has 1 atom stereocenters. The first-order chi connectivity index (χ1) is 7.78. The molecule has 1 aromatic carbocycles. The second-order valence-electron chi connectivity index (χ2n) is 3.27. The third-order valence-electron chi connectivity index (χ3n) is 1.89. The predicted molar refractivity (Wildman–Crippen MR) is 63.7 cm³/mol. The number of carboxylic acid groups (broad SMARTS) is 1. The average molecular weight is 300 g/mol. The van der Waals surface area contributed by atoms with Crippen LogP contribution in [0.1, 0.15) is 5.56 Å². The molecule has 0 aliphatic heterocycles. The second-order valence-corrected chi connectivity index (χ2v) is 4.22. The Labute approximate surface area is 109 Å². The maximum absolute atomic E-state index is 12.1. The highest BCUT2D eigenvalue weighted by atomic mass is 35.5. The van der Waals surface area contributed by atoms with Gasteiger partial charge in [0, 0.05) is 0 Å². The number of benzene rings is 1. The molecular weight excluding hydrogens is 289 g/mol. The number of hydrogen-bond acceptors (Lipinski definition) is 5. The normalized spacial score (nSPS) is 12.3. The van der Waals surface area contributed by atoms with Crippen molar-refractivity contribution in [1.82, 2.24) is 0 Å². The summed E-state index contributed by atoms with van der Waals surface area (Å²) >= 11 is 0. The molecule has 1 aromatic rings. The van der Waals surface area contributed by atoms with E-state index in [-0.39, 0.29) is 24.6 Å². The summed E-state index contributed by atoms with van der Waals surface area (Å²) in [6.45, 7) is 0. The maximum atomic E-state index is 12.1. The quantitative estimate of drug-likeness (QED) is 0.773. The Kier molecular flexibility index (Phi) is 6.02. The Balaban J connectivity index is 0.00000289. The van der Waals surface area contributed by atoms with Crippen LogP contribution in [0, 0.1) is 0 Å². The van der Waals surface area contributed by atoms with Gasteiger partial charge < -0.3 is 15.0 Å². The van der Waals surface area contributed by atoms with Crippen molar-refractivity contribution in [2.45, 2.75) is 12.5 Å². The van der Waals surface area contributed by atoms with Crippen molar-refractivity contribution in [3.8, 4) is 5.75 Å². The van der Waals surface area contributed by atoms with E-state index in [0.29, 0.717) is 5.56 Å². The zero-order chi connectivity index (χ0) is 13.1. The summed E-state index contributed by atoms with van der Waals surface area (Å²) in [7, 11) is -5.05. The summed E-state index contributed by atoms with van der Waals surface area (Å²) in [6.07, 6.45) is 0.0813. The smallest absolute Gasteiger partial charge is 0.480 e. The Morgan fingerprint density at radius 1 is 1.39 bits per heavy atom. The summed E-state index contributed by atoms with van der Waals surface area (Å²) in [5.41, 5.74) is 5.87. The molecule has 0 heterocycles. The van der Waals surface area contributed by atoms with Crippen LogP contribution in [-0.2, 0) is 21.7 Å². The van der Waals surface area contributed by atoms with Crippen LogP contribution in [0.25, 0.3) is 0 Å². The summed E-state index contributed by atoms with van der Waals surface area (Å²) < 4.78 is 36.4. The van der Waals surface area contributed by atoms with Gasteiger partial charge in [0.25, 0.3) is 0 Å². The van der Waals surface area contributed by atoms with Gasteiger partial charge in [-0.05, 0) is 24.1 Å². The zero-order valence-electron chi connectivity index (χ0n) is 8.95. The highest BCUT2D eigenvalue weighted by Gasteiger charge is 2.13. The Hall–Kier alpha value is -1.38. The molecule has 0 spiro atoms. The average Bonchev–Trinajstić information content (AvgIpc) is 2.18. The molecule has 0 radical (unpaired) electrons. The van der Waals surface area contributed by atoms with Crippen molar-refractivity contribution in [2.24, 2.45) is 5.73 Å². The topological polar surface area (TPSA) is 107 Å². The first kappa shape index (κ1) is 16.6. The molecule has 0 unspecified atom stereocenters. The molecule has 0 saturated carbocycles. The van der Waals surface area contributed by atoms with Crippen molar-refractivity contribution in [3.63, 3.8) is 0 Å². The van der Waals surface area contributed by atoms with Gasteiger partial charge in [0.2, 0.25) is 0 Å². The van der Waals surface area contributed by atoms with Gasteiger partial charge in [-0.25, -0.2) is 0 Å². The lowest BCUT2D eigenvalue weighted by Crippen LogP contribution is -2.32.